The molecule has 0 aliphatic heterocycles. The lowest BCUT2D eigenvalue weighted by Crippen LogP contribution is -1.98. The van der Waals surface area contributed by atoms with Crippen molar-refractivity contribution in [3.8, 4) is 0 Å². The lowest BCUT2D eigenvalue weighted by atomic mass is 10.2. The maximum atomic E-state index is 5.61. The van der Waals surface area contributed by atoms with Crippen molar-refractivity contribution in [2.24, 2.45) is 0 Å². The van der Waals surface area contributed by atoms with Gasteiger partial charge in [-0.25, -0.2) is 0 Å². The highest BCUT2D eigenvalue weighted by atomic mass is 14.9. The van der Waals surface area contributed by atoms with E-state index in [4.69, 9.17) is 5.73 Å². The van der Waals surface area contributed by atoms with Crippen LogP contribution in [0.25, 0.3) is 0 Å². The minimum Gasteiger partial charge on any atom is -0.399 e. The summed E-state index contributed by atoms with van der Waals surface area (Å²) in [5.74, 6) is 0. The van der Waals surface area contributed by atoms with Gasteiger partial charge in [0, 0.05) is 17.9 Å². The Bertz CT molecular complexity index is 407. The van der Waals surface area contributed by atoms with E-state index >= 15 is 0 Å². The van der Waals surface area contributed by atoms with E-state index in [1.807, 2.05) is 56.3 Å². The van der Waals surface area contributed by atoms with Crippen molar-refractivity contribution in [1.82, 2.24) is 0 Å². The Kier molecular flexibility index (Phi) is 5.66. The van der Waals surface area contributed by atoms with Crippen molar-refractivity contribution in [3.63, 3.8) is 0 Å². The molecule has 0 aliphatic carbocycles. The van der Waals surface area contributed by atoms with Gasteiger partial charge in [-0.05, 0) is 29.8 Å². The molecule has 0 heterocycles. The third-order valence-electron chi connectivity index (χ3n) is 2.25. The van der Waals surface area contributed by atoms with Crippen molar-refractivity contribution < 1.29 is 0 Å². The second-order valence-corrected chi connectivity index (χ2v) is 3.46. The van der Waals surface area contributed by atoms with E-state index in [9.17, 15) is 0 Å². The van der Waals surface area contributed by atoms with Crippen LogP contribution >= 0.6 is 0 Å². The summed E-state index contributed by atoms with van der Waals surface area (Å²) in [4.78, 5) is 0. The quantitative estimate of drug-likeness (QED) is 0.782. The Balaban J connectivity index is 0.000000686. The van der Waals surface area contributed by atoms with Crippen molar-refractivity contribution in [2.45, 2.75) is 20.4 Å². The minimum absolute atomic E-state index is 0.792. The van der Waals surface area contributed by atoms with E-state index in [0.29, 0.717) is 0 Å². The number of nitrogens with two attached hydrogens (primary N) is 1. The van der Waals surface area contributed by atoms with Crippen molar-refractivity contribution in [2.75, 3.05) is 11.1 Å². The van der Waals surface area contributed by atoms with E-state index in [0.717, 1.165) is 17.9 Å². The smallest absolute Gasteiger partial charge is 0.0400 e. The lowest BCUT2D eigenvalue weighted by Gasteiger charge is -2.06. The molecule has 0 saturated carbocycles. The number of hydrogen-bond acceptors (Lipinski definition) is 2. The SMILES string of the molecule is CC.Nc1ccc(NCc2ccccc2)cc1. The fraction of sp³-hybridized carbons (Fsp3) is 0.200. The summed E-state index contributed by atoms with van der Waals surface area (Å²) < 4.78 is 0. The molecule has 2 aromatic carbocycles. The molecule has 0 bridgehead atoms. The van der Waals surface area contributed by atoms with Gasteiger partial charge in [-0.1, -0.05) is 44.2 Å². The fourth-order valence-corrected chi connectivity index (χ4v) is 1.40. The molecular weight excluding hydrogens is 208 g/mol. The Hall–Kier alpha value is -1.96. The Morgan fingerprint density at radius 1 is 0.882 bits per heavy atom. The molecule has 0 amide bonds. The van der Waals surface area contributed by atoms with Crippen LogP contribution in [0.3, 0.4) is 0 Å². The molecule has 3 N–H and O–H groups in total. The normalized spacial score (nSPS) is 9.06. The van der Waals surface area contributed by atoms with Crippen molar-refractivity contribution >= 4 is 11.4 Å². The van der Waals surface area contributed by atoms with Crippen LogP contribution in [0.5, 0.6) is 0 Å². The van der Waals surface area contributed by atoms with Gasteiger partial charge in [-0.3, -0.25) is 0 Å². The van der Waals surface area contributed by atoms with Crippen molar-refractivity contribution in [3.05, 3.63) is 60.2 Å². The molecule has 2 aromatic rings. The molecule has 2 nitrogen and oxygen atoms in total. The molecule has 0 aromatic heterocycles. The molecule has 17 heavy (non-hydrogen) atoms. The molecule has 0 aliphatic rings. The third kappa shape index (κ3) is 4.60. The van der Waals surface area contributed by atoms with Gasteiger partial charge in [0.05, 0.1) is 0 Å². The monoisotopic (exact) mass is 228 g/mol. The standard InChI is InChI=1S/C13H14N2.C2H6/c14-12-6-8-13(9-7-12)15-10-11-4-2-1-3-5-11;1-2/h1-9,15H,10,14H2;1-2H3. The first kappa shape index (κ1) is 13.1. The second-order valence-electron chi connectivity index (χ2n) is 3.46. The maximum Gasteiger partial charge on any atom is 0.0400 e. The third-order valence-corrected chi connectivity index (χ3v) is 2.25. The van der Waals surface area contributed by atoms with E-state index in [1.165, 1.54) is 5.56 Å². The van der Waals surface area contributed by atoms with Crippen LogP contribution in [-0.2, 0) is 6.54 Å². The van der Waals surface area contributed by atoms with Gasteiger partial charge in [0.25, 0.3) is 0 Å². The molecule has 0 atom stereocenters. The van der Waals surface area contributed by atoms with Crippen molar-refractivity contribution in [1.29, 1.82) is 0 Å². The Morgan fingerprint density at radius 3 is 2.06 bits per heavy atom. The topological polar surface area (TPSA) is 38.0 Å². The first-order valence-electron chi connectivity index (χ1n) is 5.98. The predicted molar refractivity (Wildman–Crippen MR) is 76.0 cm³/mol. The summed E-state index contributed by atoms with van der Waals surface area (Å²) in [6.45, 7) is 4.84. The molecule has 0 unspecified atom stereocenters. The molecule has 0 saturated heterocycles. The molecule has 90 valence electrons. The van der Waals surface area contributed by atoms with Gasteiger partial charge in [0.1, 0.15) is 0 Å². The number of nitrogen functional groups attached to an aromatic ring is 1. The zero-order valence-electron chi connectivity index (χ0n) is 10.5. The molecule has 0 fully saturated rings. The zero-order chi connectivity index (χ0) is 12.5. The molecule has 0 spiro atoms. The summed E-state index contributed by atoms with van der Waals surface area (Å²) in [6.07, 6.45) is 0. The van der Waals surface area contributed by atoms with Gasteiger partial charge < -0.3 is 11.1 Å². The summed E-state index contributed by atoms with van der Waals surface area (Å²) in [7, 11) is 0. The van der Waals surface area contributed by atoms with Crippen LogP contribution in [0.1, 0.15) is 19.4 Å². The highest BCUT2D eigenvalue weighted by Gasteiger charge is 1.92. The van der Waals surface area contributed by atoms with E-state index < -0.39 is 0 Å². The summed E-state index contributed by atoms with van der Waals surface area (Å²) in [6, 6.07) is 18.1. The Labute approximate surface area is 103 Å². The van der Waals surface area contributed by atoms with Crippen LogP contribution in [0.15, 0.2) is 54.6 Å². The largest absolute Gasteiger partial charge is 0.399 e. The number of nitrogens with one attached hydrogen (secondary N) is 1. The van der Waals surface area contributed by atoms with Crippen LogP contribution < -0.4 is 11.1 Å². The number of rotatable bonds is 3. The van der Waals surface area contributed by atoms with Gasteiger partial charge >= 0.3 is 0 Å². The van der Waals surface area contributed by atoms with Gasteiger partial charge in [-0.15, -0.1) is 0 Å². The highest BCUT2D eigenvalue weighted by Crippen LogP contribution is 2.11. The first-order chi connectivity index (χ1) is 8.34. The minimum atomic E-state index is 0.792. The average Bonchev–Trinajstić information content (AvgIpc) is 2.42. The average molecular weight is 228 g/mol. The lowest BCUT2D eigenvalue weighted by molar-refractivity contribution is 1.15. The number of hydrogen-bond donors (Lipinski definition) is 2. The molecular formula is C15H20N2. The van der Waals surface area contributed by atoms with E-state index in [1.54, 1.807) is 0 Å². The molecule has 2 rings (SSSR count). The van der Waals surface area contributed by atoms with E-state index in [2.05, 4.69) is 17.4 Å². The van der Waals surface area contributed by atoms with Crippen LogP contribution in [0.4, 0.5) is 11.4 Å². The van der Waals surface area contributed by atoms with Crippen LogP contribution in [-0.4, -0.2) is 0 Å². The van der Waals surface area contributed by atoms with Gasteiger partial charge in [0.2, 0.25) is 0 Å². The maximum absolute atomic E-state index is 5.61. The summed E-state index contributed by atoms with van der Waals surface area (Å²) >= 11 is 0. The molecule has 2 heteroatoms. The van der Waals surface area contributed by atoms with Crippen LogP contribution in [0.2, 0.25) is 0 Å². The predicted octanol–water partition coefficient (Wildman–Crippen LogP) is 3.91. The van der Waals surface area contributed by atoms with E-state index in [-0.39, 0.29) is 0 Å². The van der Waals surface area contributed by atoms with Gasteiger partial charge in [0.15, 0.2) is 0 Å². The first-order valence-corrected chi connectivity index (χ1v) is 5.98. The zero-order valence-corrected chi connectivity index (χ0v) is 10.5. The Morgan fingerprint density at radius 2 is 1.47 bits per heavy atom. The number of anilines is 2. The number of benzene rings is 2. The summed E-state index contributed by atoms with van der Waals surface area (Å²) in [5.41, 5.74) is 8.76. The second kappa shape index (κ2) is 7.34. The molecule has 0 radical (unpaired) electrons. The summed E-state index contributed by atoms with van der Waals surface area (Å²) in [5, 5.41) is 3.33. The highest BCUT2D eigenvalue weighted by molar-refractivity contribution is 5.51. The van der Waals surface area contributed by atoms with Gasteiger partial charge in [-0.2, -0.15) is 0 Å². The fourth-order valence-electron chi connectivity index (χ4n) is 1.40. The van der Waals surface area contributed by atoms with Crippen LogP contribution in [0, 0.1) is 0 Å².